The Kier molecular flexibility index (Phi) is 12.7. The predicted octanol–water partition coefficient (Wildman–Crippen LogP) is 6.89. The largest absolute Gasteiger partial charge is 0.508 e. The van der Waals surface area contributed by atoms with E-state index in [1.165, 1.54) is 76.3 Å². The van der Waals surface area contributed by atoms with Gasteiger partial charge in [-0.1, -0.05) is 78.1 Å². The van der Waals surface area contributed by atoms with Gasteiger partial charge in [-0.25, -0.2) is 4.79 Å². The summed E-state index contributed by atoms with van der Waals surface area (Å²) < 4.78 is 5.56. The van der Waals surface area contributed by atoms with Crippen molar-refractivity contribution in [1.29, 1.82) is 0 Å². The van der Waals surface area contributed by atoms with Crippen LogP contribution in [0.1, 0.15) is 101 Å². The minimum atomic E-state index is -0.286. The van der Waals surface area contributed by atoms with E-state index in [-0.39, 0.29) is 11.7 Å². The normalized spacial score (nSPS) is 12.1. The molecule has 26 heavy (non-hydrogen) atoms. The number of rotatable bonds is 15. The summed E-state index contributed by atoms with van der Waals surface area (Å²) in [6.07, 6.45) is 15.2. The molecule has 0 bridgehead atoms. The van der Waals surface area contributed by atoms with Gasteiger partial charge in [-0.2, -0.15) is 0 Å². The number of phenols is 1. The second kappa shape index (κ2) is 14.6. The molecule has 0 spiro atoms. The van der Waals surface area contributed by atoms with Crippen molar-refractivity contribution in [1.82, 2.24) is 0 Å². The van der Waals surface area contributed by atoms with Crippen LogP contribution in [0.3, 0.4) is 0 Å². The lowest BCUT2D eigenvalue weighted by molar-refractivity contribution is 0.0422. The van der Waals surface area contributed by atoms with Crippen LogP contribution in [0.2, 0.25) is 0 Å². The van der Waals surface area contributed by atoms with E-state index in [9.17, 15) is 9.90 Å². The molecule has 1 N–H and O–H groups in total. The van der Waals surface area contributed by atoms with E-state index >= 15 is 0 Å². The lowest BCUT2D eigenvalue weighted by Crippen LogP contribution is -2.15. The van der Waals surface area contributed by atoms with E-state index in [2.05, 4.69) is 13.8 Å². The Balaban J connectivity index is 2.36. The van der Waals surface area contributed by atoms with Gasteiger partial charge in [0.1, 0.15) is 5.75 Å². The molecular formula is C23H38O3. The highest BCUT2D eigenvalue weighted by Crippen LogP contribution is 2.20. The number of unbranched alkanes of at least 4 members (excludes halogenated alkanes) is 8. The Morgan fingerprint density at radius 3 is 1.92 bits per heavy atom. The summed E-state index contributed by atoms with van der Waals surface area (Å²) in [6, 6.07) is 6.27. The highest BCUT2D eigenvalue weighted by molar-refractivity contribution is 5.89. The van der Waals surface area contributed by atoms with Crippen LogP contribution in [-0.2, 0) is 4.74 Å². The highest BCUT2D eigenvalue weighted by Gasteiger charge is 2.13. The maximum Gasteiger partial charge on any atom is 0.338 e. The second-order valence-corrected chi connectivity index (χ2v) is 7.42. The number of benzene rings is 1. The summed E-state index contributed by atoms with van der Waals surface area (Å²) in [5.74, 6) is 0.351. The lowest BCUT2D eigenvalue weighted by atomic mass is 9.95. The van der Waals surface area contributed by atoms with Crippen LogP contribution in [0, 0.1) is 5.92 Å². The van der Waals surface area contributed by atoms with Gasteiger partial charge in [-0.05, 0) is 43.0 Å². The fourth-order valence-electron chi connectivity index (χ4n) is 3.26. The summed E-state index contributed by atoms with van der Waals surface area (Å²) in [7, 11) is 0. The van der Waals surface area contributed by atoms with Crippen LogP contribution in [0.25, 0.3) is 0 Å². The van der Waals surface area contributed by atoms with Gasteiger partial charge in [0.2, 0.25) is 0 Å². The fourth-order valence-corrected chi connectivity index (χ4v) is 3.26. The molecule has 0 aliphatic carbocycles. The van der Waals surface area contributed by atoms with Crippen molar-refractivity contribution in [3.63, 3.8) is 0 Å². The third-order valence-corrected chi connectivity index (χ3v) is 4.98. The number of carbonyl (C=O) groups is 1. The highest BCUT2D eigenvalue weighted by atomic mass is 16.5. The van der Waals surface area contributed by atoms with Gasteiger partial charge >= 0.3 is 5.97 Å². The third kappa shape index (κ3) is 10.5. The lowest BCUT2D eigenvalue weighted by Gasteiger charge is -2.17. The smallest absolute Gasteiger partial charge is 0.338 e. The van der Waals surface area contributed by atoms with E-state index in [0.717, 1.165) is 12.8 Å². The van der Waals surface area contributed by atoms with Gasteiger partial charge in [0, 0.05) is 0 Å². The minimum Gasteiger partial charge on any atom is -0.508 e. The molecule has 0 saturated heterocycles. The van der Waals surface area contributed by atoms with Crippen molar-refractivity contribution >= 4 is 5.97 Å². The summed E-state index contributed by atoms with van der Waals surface area (Å²) in [5, 5.41) is 9.32. The number of phenolic OH excluding ortho intramolecular Hbond substituents is 1. The van der Waals surface area contributed by atoms with Crippen LogP contribution in [0.5, 0.6) is 5.75 Å². The Labute approximate surface area is 160 Å². The molecule has 0 radical (unpaired) electrons. The van der Waals surface area contributed by atoms with E-state index < -0.39 is 0 Å². The first kappa shape index (κ1) is 22.5. The van der Waals surface area contributed by atoms with Crippen molar-refractivity contribution in [2.45, 2.75) is 90.9 Å². The number of esters is 1. The van der Waals surface area contributed by atoms with Crippen LogP contribution in [0.15, 0.2) is 24.3 Å². The van der Waals surface area contributed by atoms with E-state index in [4.69, 9.17) is 4.74 Å². The monoisotopic (exact) mass is 362 g/mol. The molecule has 0 heterocycles. The van der Waals surface area contributed by atoms with E-state index in [1.807, 2.05) is 0 Å². The maximum absolute atomic E-state index is 12.2. The minimum absolute atomic E-state index is 0.165. The molecule has 0 saturated carbocycles. The number of aromatic hydroxyl groups is 1. The number of hydrogen-bond acceptors (Lipinski definition) is 3. The molecule has 1 aromatic carbocycles. The summed E-state index contributed by atoms with van der Waals surface area (Å²) in [5.41, 5.74) is 0.507. The Bertz CT molecular complexity index is 467. The predicted molar refractivity (Wildman–Crippen MR) is 109 cm³/mol. The second-order valence-electron chi connectivity index (χ2n) is 7.42. The number of ether oxygens (including phenoxy) is 1. The van der Waals surface area contributed by atoms with Crippen LogP contribution >= 0.6 is 0 Å². The zero-order chi connectivity index (χ0) is 19.0. The Hall–Kier alpha value is -1.51. The summed E-state index contributed by atoms with van der Waals surface area (Å²) >= 11 is 0. The first-order valence-electron chi connectivity index (χ1n) is 10.6. The molecule has 0 amide bonds. The van der Waals surface area contributed by atoms with Gasteiger partial charge in [-0.15, -0.1) is 0 Å². The molecule has 148 valence electrons. The van der Waals surface area contributed by atoms with Gasteiger partial charge in [0.15, 0.2) is 0 Å². The molecule has 3 nitrogen and oxygen atoms in total. The molecule has 3 heteroatoms. The molecule has 0 aliphatic rings. The van der Waals surface area contributed by atoms with Crippen molar-refractivity contribution in [3.05, 3.63) is 29.8 Å². The van der Waals surface area contributed by atoms with E-state index in [0.29, 0.717) is 18.1 Å². The van der Waals surface area contributed by atoms with Gasteiger partial charge in [0.05, 0.1) is 12.2 Å². The topological polar surface area (TPSA) is 46.5 Å². The average Bonchev–Trinajstić information content (AvgIpc) is 2.65. The van der Waals surface area contributed by atoms with Gasteiger partial charge < -0.3 is 9.84 Å². The fraction of sp³-hybridized carbons (Fsp3) is 0.696. The zero-order valence-corrected chi connectivity index (χ0v) is 16.8. The van der Waals surface area contributed by atoms with Crippen molar-refractivity contribution in [2.24, 2.45) is 5.92 Å². The quantitative estimate of drug-likeness (QED) is 0.273. The van der Waals surface area contributed by atoms with E-state index in [1.54, 1.807) is 12.1 Å². The van der Waals surface area contributed by atoms with Gasteiger partial charge in [0.25, 0.3) is 0 Å². The summed E-state index contributed by atoms with van der Waals surface area (Å²) in [4.78, 5) is 12.2. The molecule has 0 aliphatic heterocycles. The molecule has 1 atom stereocenters. The number of hydrogen-bond donors (Lipinski definition) is 1. The first-order chi connectivity index (χ1) is 12.7. The molecule has 1 aromatic rings. The average molecular weight is 363 g/mol. The first-order valence-corrected chi connectivity index (χ1v) is 10.6. The number of carbonyl (C=O) groups excluding carboxylic acids is 1. The molecule has 0 aromatic heterocycles. The van der Waals surface area contributed by atoms with Gasteiger partial charge in [-0.3, -0.25) is 0 Å². The van der Waals surface area contributed by atoms with Crippen molar-refractivity contribution < 1.29 is 14.6 Å². The van der Waals surface area contributed by atoms with Crippen LogP contribution < -0.4 is 0 Å². The standard InChI is InChI=1S/C23H38O3/c1-3-5-7-9-10-12-14-20(13-11-8-6-4-2)19-26-23(25)21-15-17-22(24)18-16-21/h15-18,20,24H,3-14,19H2,1-2H3. The van der Waals surface area contributed by atoms with Crippen LogP contribution in [-0.4, -0.2) is 17.7 Å². The molecule has 1 rings (SSSR count). The molecular weight excluding hydrogens is 324 g/mol. The maximum atomic E-state index is 12.2. The third-order valence-electron chi connectivity index (χ3n) is 4.98. The zero-order valence-electron chi connectivity index (χ0n) is 16.8. The summed E-state index contributed by atoms with van der Waals surface area (Å²) in [6.45, 7) is 4.99. The molecule has 1 unspecified atom stereocenters. The van der Waals surface area contributed by atoms with Crippen LogP contribution in [0.4, 0.5) is 0 Å². The Morgan fingerprint density at radius 2 is 1.35 bits per heavy atom. The SMILES string of the molecule is CCCCCCCCC(CCCCCC)COC(=O)c1ccc(O)cc1. The van der Waals surface area contributed by atoms with Crippen molar-refractivity contribution in [2.75, 3.05) is 6.61 Å². The molecule has 0 fully saturated rings. The van der Waals surface area contributed by atoms with Crippen molar-refractivity contribution in [3.8, 4) is 5.75 Å². The Morgan fingerprint density at radius 1 is 0.846 bits per heavy atom.